The van der Waals surface area contributed by atoms with Gasteiger partial charge in [-0.15, -0.1) is 0 Å². The van der Waals surface area contributed by atoms with Crippen LogP contribution in [0.5, 0.6) is 5.75 Å². The van der Waals surface area contributed by atoms with Crippen LogP contribution >= 0.6 is 0 Å². The number of ketones is 3. The summed E-state index contributed by atoms with van der Waals surface area (Å²) in [6.07, 6.45) is 7.16. The van der Waals surface area contributed by atoms with Gasteiger partial charge in [0.2, 0.25) is 5.78 Å². The summed E-state index contributed by atoms with van der Waals surface area (Å²) in [5.41, 5.74) is -3.64. The summed E-state index contributed by atoms with van der Waals surface area (Å²) in [6.45, 7) is 8.22. The zero-order chi connectivity index (χ0) is 28.7. The minimum absolute atomic E-state index is 0.0791. The number of carbonyl (C=O) groups is 3. The molecule has 4 aliphatic rings. The molecule has 39 heavy (non-hydrogen) atoms. The highest BCUT2D eigenvalue weighted by molar-refractivity contribution is 6.24. The number of phenols is 1. The summed E-state index contributed by atoms with van der Waals surface area (Å²) >= 11 is 0. The predicted molar refractivity (Wildman–Crippen MR) is 146 cm³/mol. The van der Waals surface area contributed by atoms with Crippen LogP contribution < -0.4 is 0 Å². The summed E-state index contributed by atoms with van der Waals surface area (Å²) in [6, 6.07) is 3.43. The van der Waals surface area contributed by atoms with Crippen LogP contribution in [0.4, 0.5) is 0 Å². The third kappa shape index (κ3) is 3.68. The van der Waals surface area contributed by atoms with Crippen LogP contribution in [0.15, 0.2) is 29.0 Å². The second kappa shape index (κ2) is 9.05. The molecule has 4 N–H and O–H groups in total. The number of fused-ring (bicyclic) bond motifs is 3. The molecule has 4 aliphatic carbocycles. The molecule has 5 rings (SSSR count). The molecule has 0 radical (unpaired) electrons. The van der Waals surface area contributed by atoms with Gasteiger partial charge in [-0.25, -0.2) is 0 Å². The van der Waals surface area contributed by atoms with Gasteiger partial charge in [0.05, 0.1) is 5.56 Å². The normalized spacial score (nSPS) is 32.9. The standard InChI is InChI=1S/C32H40O7/c1-16(2)24-26(35)22(17(3)33)28(37)32(39)29(38)25-27(36)23-20(14-30(25,4)15-31(24,32)5)19(12-13-21(23)34)11-10-18-8-6-7-9-18/h12-13,16,18,24,34,36-37,39H,6-11,14-15H2,1-5H3/t24?,30-,31-,32+/m1/s1. The van der Waals surface area contributed by atoms with Gasteiger partial charge in [0.1, 0.15) is 22.8 Å². The molecule has 1 aromatic rings. The van der Waals surface area contributed by atoms with Crippen LogP contribution in [0.3, 0.4) is 0 Å². The van der Waals surface area contributed by atoms with Gasteiger partial charge in [0, 0.05) is 22.3 Å². The fourth-order valence-corrected chi connectivity index (χ4v) is 8.67. The minimum atomic E-state index is -2.58. The van der Waals surface area contributed by atoms with Crippen molar-refractivity contribution in [1.29, 1.82) is 0 Å². The molecule has 0 aromatic heterocycles. The molecule has 0 saturated heterocycles. The maximum Gasteiger partial charge on any atom is 0.203 e. The topological polar surface area (TPSA) is 132 Å². The Balaban J connectivity index is 1.71. The van der Waals surface area contributed by atoms with Crippen molar-refractivity contribution in [3.8, 4) is 5.75 Å². The average Bonchev–Trinajstić information content (AvgIpc) is 3.34. The van der Waals surface area contributed by atoms with Crippen molar-refractivity contribution in [1.82, 2.24) is 0 Å². The van der Waals surface area contributed by atoms with Crippen LogP contribution in [0.2, 0.25) is 0 Å². The second-order valence-electron chi connectivity index (χ2n) is 13.2. The van der Waals surface area contributed by atoms with Crippen LogP contribution in [0, 0.1) is 28.6 Å². The lowest BCUT2D eigenvalue weighted by Gasteiger charge is -2.59. The third-order valence-electron chi connectivity index (χ3n) is 10.3. The Morgan fingerprint density at radius 1 is 1.08 bits per heavy atom. The molecule has 7 nitrogen and oxygen atoms in total. The number of aliphatic hydroxyl groups excluding tert-OH is 2. The third-order valence-corrected chi connectivity index (χ3v) is 10.3. The SMILES string of the molecule is CC(=O)C1=C(O)[C@]2(O)C(=O)C3=C(O)c4c(O)ccc(CCC5CCCC5)c4C[C@]3(C)C[C@]2(C)C(C(C)C)C1=O. The first kappa shape index (κ1) is 27.6. The Morgan fingerprint density at radius 2 is 1.72 bits per heavy atom. The molecule has 7 heteroatoms. The molecule has 0 aliphatic heterocycles. The van der Waals surface area contributed by atoms with E-state index in [1.165, 1.54) is 31.7 Å². The number of carbonyl (C=O) groups excluding carboxylic acids is 3. The molecule has 2 fully saturated rings. The summed E-state index contributed by atoms with van der Waals surface area (Å²) < 4.78 is 0. The molecule has 1 aromatic carbocycles. The molecular formula is C32H40O7. The number of aryl methyl sites for hydroxylation is 1. The van der Waals surface area contributed by atoms with Crippen molar-refractivity contribution in [2.45, 2.75) is 91.6 Å². The van der Waals surface area contributed by atoms with E-state index < -0.39 is 56.8 Å². The van der Waals surface area contributed by atoms with E-state index in [2.05, 4.69) is 0 Å². The maximum absolute atomic E-state index is 14.3. The van der Waals surface area contributed by atoms with E-state index in [-0.39, 0.29) is 29.2 Å². The van der Waals surface area contributed by atoms with Gasteiger partial charge in [-0.1, -0.05) is 59.4 Å². The van der Waals surface area contributed by atoms with Gasteiger partial charge < -0.3 is 20.4 Å². The molecular weight excluding hydrogens is 496 g/mol. The Kier molecular flexibility index (Phi) is 6.41. The number of aromatic hydroxyl groups is 1. The zero-order valence-corrected chi connectivity index (χ0v) is 23.6. The van der Waals surface area contributed by atoms with Gasteiger partial charge in [0.15, 0.2) is 17.2 Å². The number of hydrogen-bond donors (Lipinski definition) is 4. The van der Waals surface area contributed by atoms with Gasteiger partial charge in [-0.3, -0.25) is 14.4 Å². The largest absolute Gasteiger partial charge is 0.508 e. The molecule has 1 unspecified atom stereocenters. The number of allylic oxidation sites excluding steroid dienone is 1. The highest BCUT2D eigenvalue weighted by atomic mass is 16.3. The molecule has 4 atom stereocenters. The summed E-state index contributed by atoms with van der Waals surface area (Å²) in [7, 11) is 0. The number of rotatable bonds is 5. The Bertz CT molecular complexity index is 1340. The highest BCUT2D eigenvalue weighted by Crippen LogP contribution is 2.65. The summed E-state index contributed by atoms with van der Waals surface area (Å²) in [5, 5.41) is 45.8. The average molecular weight is 537 g/mol. The van der Waals surface area contributed by atoms with Gasteiger partial charge >= 0.3 is 0 Å². The zero-order valence-electron chi connectivity index (χ0n) is 23.6. The Morgan fingerprint density at radius 3 is 2.31 bits per heavy atom. The monoisotopic (exact) mass is 536 g/mol. The van der Waals surface area contributed by atoms with E-state index >= 15 is 0 Å². The summed E-state index contributed by atoms with van der Waals surface area (Å²) in [4.78, 5) is 40.4. The first-order valence-electron chi connectivity index (χ1n) is 14.2. The first-order chi connectivity index (χ1) is 18.2. The first-order valence-corrected chi connectivity index (χ1v) is 14.2. The van der Waals surface area contributed by atoms with Crippen LogP contribution in [-0.4, -0.2) is 43.4 Å². The van der Waals surface area contributed by atoms with Crippen molar-refractivity contribution < 1.29 is 34.8 Å². The van der Waals surface area contributed by atoms with Crippen molar-refractivity contribution in [3.63, 3.8) is 0 Å². The van der Waals surface area contributed by atoms with E-state index in [9.17, 15) is 34.8 Å². The van der Waals surface area contributed by atoms with E-state index in [0.29, 0.717) is 12.3 Å². The van der Waals surface area contributed by atoms with Crippen LogP contribution in [0.1, 0.15) is 89.8 Å². The van der Waals surface area contributed by atoms with E-state index in [0.717, 1.165) is 30.9 Å². The molecule has 0 spiro atoms. The molecule has 0 heterocycles. The van der Waals surface area contributed by atoms with Crippen molar-refractivity contribution >= 4 is 23.1 Å². The van der Waals surface area contributed by atoms with Crippen molar-refractivity contribution in [2.75, 3.05) is 0 Å². The van der Waals surface area contributed by atoms with E-state index in [1.807, 2.05) is 13.0 Å². The fourth-order valence-electron chi connectivity index (χ4n) is 8.67. The minimum Gasteiger partial charge on any atom is -0.508 e. The summed E-state index contributed by atoms with van der Waals surface area (Å²) in [5.74, 6) is -4.31. The quantitative estimate of drug-likeness (QED) is 0.375. The number of benzene rings is 1. The Hall–Kier alpha value is -2.93. The molecule has 0 amide bonds. The number of hydrogen-bond acceptors (Lipinski definition) is 7. The van der Waals surface area contributed by atoms with Gasteiger partial charge in [0.25, 0.3) is 0 Å². The lowest BCUT2D eigenvalue weighted by molar-refractivity contribution is -0.178. The number of phenolic OH excluding ortho intramolecular Hbond substituents is 1. The lowest BCUT2D eigenvalue weighted by Crippen LogP contribution is -2.69. The fraction of sp³-hybridized carbons (Fsp3) is 0.594. The Labute approximate surface area is 229 Å². The van der Waals surface area contributed by atoms with E-state index in [4.69, 9.17) is 0 Å². The van der Waals surface area contributed by atoms with Gasteiger partial charge in [-0.05, 0) is 61.6 Å². The number of Topliss-reactive ketones (excluding diaryl/α,β-unsaturated/α-hetero) is 3. The maximum atomic E-state index is 14.3. The number of aliphatic hydroxyl groups is 3. The van der Waals surface area contributed by atoms with E-state index in [1.54, 1.807) is 20.8 Å². The smallest absolute Gasteiger partial charge is 0.203 e. The van der Waals surface area contributed by atoms with Crippen molar-refractivity contribution in [3.05, 3.63) is 45.7 Å². The lowest BCUT2D eigenvalue weighted by atomic mass is 9.43. The molecule has 0 bridgehead atoms. The predicted octanol–water partition coefficient (Wildman–Crippen LogP) is 5.31. The van der Waals surface area contributed by atoms with Gasteiger partial charge in [-0.2, -0.15) is 0 Å². The molecule has 210 valence electrons. The second-order valence-corrected chi connectivity index (χ2v) is 13.2. The highest BCUT2D eigenvalue weighted by Gasteiger charge is 2.72. The van der Waals surface area contributed by atoms with Crippen LogP contribution in [0.25, 0.3) is 5.76 Å². The van der Waals surface area contributed by atoms with Crippen LogP contribution in [-0.2, 0) is 27.2 Å². The van der Waals surface area contributed by atoms with Crippen molar-refractivity contribution in [2.24, 2.45) is 28.6 Å². The molecule has 2 saturated carbocycles.